The molecule has 26 heavy (non-hydrogen) atoms. The number of unbranched alkanes of at least 4 members (excludes halogenated alkanes) is 1. The molecule has 0 aliphatic heterocycles. The van der Waals surface area contributed by atoms with Gasteiger partial charge in [-0.2, -0.15) is 0 Å². The summed E-state index contributed by atoms with van der Waals surface area (Å²) in [6, 6.07) is 11.4. The van der Waals surface area contributed by atoms with Crippen LogP contribution in [0.5, 0.6) is 11.5 Å². The quantitative estimate of drug-likeness (QED) is 0.441. The van der Waals surface area contributed by atoms with Crippen LogP contribution in [0.2, 0.25) is 10.0 Å². The number of halogens is 2. The van der Waals surface area contributed by atoms with Crippen molar-refractivity contribution in [1.82, 2.24) is 0 Å². The van der Waals surface area contributed by atoms with Gasteiger partial charge in [-0.15, -0.1) is 0 Å². The molecule has 0 aromatic heterocycles. The molecule has 0 atom stereocenters. The maximum Gasteiger partial charge on any atom is 0.123 e. The first-order valence-electron chi connectivity index (χ1n) is 9.34. The maximum atomic E-state index is 5.96. The lowest BCUT2D eigenvalue weighted by atomic mass is 10.2. The largest absolute Gasteiger partial charge is 0.493 e. The second kappa shape index (κ2) is 14.8. The Bertz CT molecular complexity index is 572. The number of hydrogen-bond acceptors (Lipinski definition) is 2. The zero-order valence-electron chi connectivity index (χ0n) is 16.9. The summed E-state index contributed by atoms with van der Waals surface area (Å²) >= 11 is 11.9. The predicted molar refractivity (Wildman–Crippen MR) is 115 cm³/mol. The fraction of sp³-hybridized carbons (Fsp3) is 0.455. The number of benzene rings is 2. The van der Waals surface area contributed by atoms with E-state index in [9.17, 15) is 0 Å². The molecule has 0 bridgehead atoms. The van der Waals surface area contributed by atoms with E-state index < -0.39 is 0 Å². The van der Waals surface area contributed by atoms with E-state index in [0.29, 0.717) is 23.3 Å². The van der Waals surface area contributed by atoms with Crippen LogP contribution >= 0.6 is 23.2 Å². The maximum absolute atomic E-state index is 5.96. The van der Waals surface area contributed by atoms with E-state index >= 15 is 0 Å². The smallest absolute Gasteiger partial charge is 0.123 e. The van der Waals surface area contributed by atoms with Gasteiger partial charge in [-0.3, -0.25) is 0 Å². The Morgan fingerprint density at radius 3 is 1.35 bits per heavy atom. The van der Waals surface area contributed by atoms with Crippen molar-refractivity contribution < 1.29 is 9.47 Å². The van der Waals surface area contributed by atoms with Crippen LogP contribution in [0, 0.1) is 13.8 Å². The molecule has 2 rings (SSSR count). The van der Waals surface area contributed by atoms with Crippen molar-refractivity contribution >= 4 is 23.2 Å². The molecular formula is C22H32Cl2O2. The van der Waals surface area contributed by atoms with Crippen LogP contribution < -0.4 is 9.47 Å². The van der Waals surface area contributed by atoms with E-state index in [-0.39, 0.29) is 0 Å². The topological polar surface area (TPSA) is 18.5 Å². The molecule has 146 valence electrons. The lowest BCUT2D eigenvalue weighted by Crippen LogP contribution is -2.03. The van der Waals surface area contributed by atoms with E-state index in [4.69, 9.17) is 32.7 Å². The van der Waals surface area contributed by atoms with Crippen LogP contribution in [0.3, 0.4) is 0 Å². The standard InChI is InChI=1S/C18H20Cl2O2.2C2H6/c1-13-5-7-15(19)11-17(13)21-9-3-4-10-22-18-12-16(20)8-6-14(18)2;2*1-2/h5-8,11-12H,3-4,9-10H2,1-2H3;2*1-2H3. The molecule has 0 radical (unpaired) electrons. The third kappa shape index (κ3) is 9.35. The first-order chi connectivity index (χ1) is 12.6. The monoisotopic (exact) mass is 398 g/mol. The van der Waals surface area contributed by atoms with Crippen LogP contribution in [0.25, 0.3) is 0 Å². The Balaban J connectivity index is 0.00000146. The molecule has 0 unspecified atom stereocenters. The molecule has 0 aliphatic rings. The highest BCUT2D eigenvalue weighted by Gasteiger charge is 2.02. The predicted octanol–water partition coefficient (Wildman–Crippen LogP) is 7.90. The third-order valence-electron chi connectivity index (χ3n) is 3.35. The van der Waals surface area contributed by atoms with E-state index in [0.717, 1.165) is 35.5 Å². The van der Waals surface area contributed by atoms with Crippen molar-refractivity contribution in [3.8, 4) is 11.5 Å². The summed E-state index contributed by atoms with van der Waals surface area (Å²) in [7, 11) is 0. The van der Waals surface area contributed by atoms with Gasteiger partial charge in [0.15, 0.2) is 0 Å². The molecule has 0 spiro atoms. The minimum Gasteiger partial charge on any atom is -0.493 e. The Morgan fingerprint density at radius 2 is 1.00 bits per heavy atom. The summed E-state index contributed by atoms with van der Waals surface area (Å²) in [6.07, 6.45) is 1.84. The van der Waals surface area contributed by atoms with Crippen molar-refractivity contribution in [2.24, 2.45) is 0 Å². The van der Waals surface area contributed by atoms with E-state index in [2.05, 4.69) is 0 Å². The van der Waals surface area contributed by atoms with Crippen LogP contribution in [0.1, 0.15) is 51.7 Å². The number of rotatable bonds is 7. The molecular weight excluding hydrogens is 367 g/mol. The molecule has 0 amide bonds. The molecule has 0 N–H and O–H groups in total. The second-order valence-corrected chi connectivity index (χ2v) is 6.10. The van der Waals surface area contributed by atoms with Crippen molar-refractivity contribution in [2.75, 3.05) is 13.2 Å². The molecule has 0 aliphatic carbocycles. The van der Waals surface area contributed by atoms with Gasteiger partial charge in [0, 0.05) is 10.0 Å². The van der Waals surface area contributed by atoms with Crippen LogP contribution in [-0.2, 0) is 0 Å². The van der Waals surface area contributed by atoms with Gasteiger partial charge in [0.2, 0.25) is 0 Å². The molecule has 2 nitrogen and oxygen atoms in total. The van der Waals surface area contributed by atoms with Gasteiger partial charge < -0.3 is 9.47 Å². The summed E-state index contributed by atoms with van der Waals surface area (Å²) in [5.41, 5.74) is 2.19. The molecule has 0 fully saturated rings. The lowest BCUT2D eigenvalue weighted by molar-refractivity contribution is 0.265. The van der Waals surface area contributed by atoms with E-state index in [1.54, 1.807) is 0 Å². The number of aryl methyl sites for hydroxylation is 2. The molecule has 0 heterocycles. The highest BCUT2D eigenvalue weighted by molar-refractivity contribution is 6.31. The third-order valence-corrected chi connectivity index (χ3v) is 3.82. The van der Waals surface area contributed by atoms with E-state index in [1.165, 1.54) is 0 Å². The second-order valence-electron chi connectivity index (χ2n) is 5.22. The summed E-state index contributed by atoms with van der Waals surface area (Å²) < 4.78 is 11.5. The van der Waals surface area contributed by atoms with Crippen molar-refractivity contribution in [3.63, 3.8) is 0 Å². The van der Waals surface area contributed by atoms with Gasteiger partial charge in [-0.05, 0) is 62.1 Å². The van der Waals surface area contributed by atoms with E-state index in [1.807, 2.05) is 77.9 Å². The summed E-state index contributed by atoms with van der Waals surface area (Å²) in [6.45, 7) is 13.3. The van der Waals surface area contributed by atoms with Gasteiger partial charge in [0.25, 0.3) is 0 Å². The average Bonchev–Trinajstić information content (AvgIpc) is 2.66. The summed E-state index contributed by atoms with van der Waals surface area (Å²) in [4.78, 5) is 0. The zero-order valence-corrected chi connectivity index (χ0v) is 18.4. The van der Waals surface area contributed by atoms with Crippen LogP contribution in [0.4, 0.5) is 0 Å². The van der Waals surface area contributed by atoms with Gasteiger partial charge >= 0.3 is 0 Å². The first-order valence-corrected chi connectivity index (χ1v) is 10.1. The highest BCUT2D eigenvalue weighted by atomic mass is 35.5. The fourth-order valence-electron chi connectivity index (χ4n) is 2.03. The van der Waals surface area contributed by atoms with Crippen LogP contribution in [0.15, 0.2) is 36.4 Å². The minimum absolute atomic E-state index is 0.652. The van der Waals surface area contributed by atoms with Gasteiger partial charge in [0.05, 0.1) is 13.2 Å². The average molecular weight is 399 g/mol. The van der Waals surface area contributed by atoms with Crippen molar-refractivity contribution in [1.29, 1.82) is 0 Å². The number of ether oxygens (including phenoxy) is 2. The zero-order chi connectivity index (χ0) is 19.9. The Labute approximate surface area is 169 Å². The number of hydrogen-bond donors (Lipinski definition) is 0. The highest BCUT2D eigenvalue weighted by Crippen LogP contribution is 2.24. The lowest BCUT2D eigenvalue weighted by Gasteiger charge is -2.11. The first kappa shape index (κ1) is 24.6. The molecule has 2 aromatic carbocycles. The van der Waals surface area contributed by atoms with Gasteiger partial charge in [0.1, 0.15) is 11.5 Å². The Hall–Kier alpha value is -1.38. The van der Waals surface area contributed by atoms with Crippen molar-refractivity contribution in [3.05, 3.63) is 57.6 Å². The Morgan fingerprint density at radius 1 is 0.654 bits per heavy atom. The van der Waals surface area contributed by atoms with Gasteiger partial charge in [-0.25, -0.2) is 0 Å². The molecule has 0 saturated carbocycles. The van der Waals surface area contributed by atoms with Crippen LogP contribution in [-0.4, -0.2) is 13.2 Å². The fourth-order valence-corrected chi connectivity index (χ4v) is 2.35. The molecule has 0 saturated heterocycles. The molecule has 2 aromatic rings. The van der Waals surface area contributed by atoms with Crippen molar-refractivity contribution in [2.45, 2.75) is 54.4 Å². The summed E-state index contributed by atoms with van der Waals surface area (Å²) in [5, 5.41) is 1.39. The summed E-state index contributed by atoms with van der Waals surface area (Å²) in [5.74, 6) is 1.69. The minimum atomic E-state index is 0.652. The van der Waals surface area contributed by atoms with Gasteiger partial charge in [-0.1, -0.05) is 63.0 Å². The molecule has 4 heteroatoms. The Kier molecular flexibility index (Phi) is 14.0. The normalized spacial score (nSPS) is 9.38. The SMILES string of the molecule is CC.CC.Cc1ccc(Cl)cc1OCCCCOc1cc(Cl)ccc1C.